The second kappa shape index (κ2) is 9.75. The fourth-order valence-electron chi connectivity index (χ4n) is 2.62. The molecule has 1 unspecified atom stereocenters. The standard InChI is InChI=1S/C18H25ClN2O5/c1-11(2)9-15(16(22)20-14-7-8-25-17(14)23)21-18(24)26-10-12-3-5-13(19)6-4-12/h3-6,11,14-15,17,23H,7-10H2,1-2H3,(H,20,22)(H,21,24)/t14-,15-,17?/m0/s1. The number of aliphatic hydroxyl groups excluding tert-OH is 1. The van der Waals surface area contributed by atoms with Gasteiger partial charge in [0.25, 0.3) is 0 Å². The van der Waals surface area contributed by atoms with Crippen molar-refractivity contribution in [3.8, 4) is 0 Å². The molecule has 7 nitrogen and oxygen atoms in total. The molecule has 0 aromatic heterocycles. The lowest BCUT2D eigenvalue weighted by atomic mass is 10.0. The fraction of sp³-hybridized carbons (Fsp3) is 0.556. The number of nitrogens with one attached hydrogen (secondary N) is 2. The number of ether oxygens (including phenoxy) is 2. The number of carbonyl (C=O) groups excluding carboxylic acids is 2. The van der Waals surface area contributed by atoms with Gasteiger partial charge >= 0.3 is 6.09 Å². The number of hydrogen-bond donors (Lipinski definition) is 3. The van der Waals surface area contributed by atoms with Gasteiger partial charge in [-0.25, -0.2) is 4.79 Å². The second-order valence-corrected chi connectivity index (χ2v) is 7.13. The summed E-state index contributed by atoms with van der Waals surface area (Å²) < 4.78 is 10.2. The van der Waals surface area contributed by atoms with E-state index in [9.17, 15) is 14.7 Å². The number of carbonyl (C=O) groups is 2. The Bertz CT molecular complexity index is 608. The third-order valence-corrected chi connectivity index (χ3v) is 4.24. The third-order valence-electron chi connectivity index (χ3n) is 3.99. The summed E-state index contributed by atoms with van der Waals surface area (Å²) in [7, 11) is 0. The van der Waals surface area contributed by atoms with Crippen molar-refractivity contribution in [1.29, 1.82) is 0 Å². The van der Waals surface area contributed by atoms with Crippen LogP contribution in [0.4, 0.5) is 4.79 Å². The first-order valence-corrected chi connectivity index (χ1v) is 9.00. The molecule has 3 N–H and O–H groups in total. The molecule has 0 aliphatic carbocycles. The summed E-state index contributed by atoms with van der Waals surface area (Å²) in [5.74, 6) is -0.177. The number of aliphatic hydroxyl groups is 1. The topological polar surface area (TPSA) is 96.9 Å². The van der Waals surface area contributed by atoms with E-state index in [4.69, 9.17) is 21.1 Å². The molecule has 1 aromatic rings. The highest BCUT2D eigenvalue weighted by atomic mass is 35.5. The summed E-state index contributed by atoms with van der Waals surface area (Å²) in [6, 6.07) is 5.72. The lowest BCUT2D eigenvalue weighted by molar-refractivity contribution is -0.127. The predicted octanol–water partition coefficient (Wildman–Crippen LogP) is 2.20. The van der Waals surface area contributed by atoms with Crippen LogP contribution in [0.1, 0.15) is 32.3 Å². The molecule has 144 valence electrons. The van der Waals surface area contributed by atoms with Crippen LogP contribution in [-0.4, -0.2) is 42.1 Å². The molecule has 1 aliphatic rings. The first-order chi connectivity index (χ1) is 12.3. The monoisotopic (exact) mass is 384 g/mol. The van der Waals surface area contributed by atoms with Gasteiger partial charge in [0, 0.05) is 5.02 Å². The predicted molar refractivity (Wildman–Crippen MR) is 96.5 cm³/mol. The highest BCUT2D eigenvalue weighted by molar-refractivity contribution is 6.30. The van der Waals surface area contributed by atoms with Gasteiger partial charge in [-0.1, -0.05) is 37.6 Å². The zero-order valence-corrected chi connectivity index (χ0v) is 15.7. The molecule has 0 bridgehead atoms. The summed E-state index contributed by atoms with van der Waals surface area (Å²) in [5.41, 5.74) is 0.792. The van der Waals surface area contributed by atoms with Gasteiger partial charge in [0.15, 0.2) is 6.29 Å². The molecule has 0 saturated carbocycles. The van der Waals surface area contributed by atoms with Gasteiger partial charge in [-0.15, -0.1) is 0 Å². The van der Waals surface area contributed by atoms with Crippen molar-refractivity contribution in [1.82, 2.24) is 10.6 Å². The highest BCUT2D eigenvalue weighted by Crippen LogP contribution is 2.13. The van der Waals surface area contributed by atoms with Crippen molar-refractivity contribution in [3.05, 3.63) is 34.9 Å². The molecule has 2 amide bonds. The number of hydrogen-bond acceptors (Lipinski definition) is 5. The van der Waals surface area contributed by atoms with E-state index >= 15 is 0 Å². The Morgan fingerprint density at radius 3 is 2.62 bits per heavy atom. The van der Waals surface area contributed by atoms with Gasteiger partial charge in [-0.2, -0.15) is 0 Å². The first kappa shape index (κ1) is 20.5. The zero-order valence-electron chi connectivity index (χ0n) is 14.9. The average Bonchev–Trinajstić information content (AvgIpc) is 2.98. The molecule has 1 aromatic carbocycles. The quantitative estimate of drug-likeness (QED) is 0.669. The normalized spacial score (nSPS) is 20.7. The Kier molecular flexibility index (Phi) is 7.68. The van der Waals surface area contributed by atoms with Gasteiger partial charge in [0.1, 0.15) is 12.6 Å². The Morgan fingerprint density at radius 2 is 2.04 bits per heavy atom. The third kappa shape index (κ3) is 6.48. The van der Waals surface area contributed by atoms with Crippen molar-refractivity contribution < 1.29 is 24.2 Å². The fourth-order valence-corrected chi connectivity index (χ4v) is 2.74. The lowest BCUT2D eigenvalue weighted by Gasteiger charge is -2.23. The molecular weight excluding hydrogens is 360 g/mol. The van der Waals surface area contributed by atoms with E-state index in [1.165, 1.54) is 0 Å². The minimum atomic E-state index is -1.02. The molecule has 1 saturated heterocycles. The van der Waals surface area contributed by atoms with Crippen molar-refractivity contribution in [2.75, 3.05) is 6.61 Å². The Morgan fingerprint density at radius 1 is 1.35 bits per heavy atom. The van der Waals surface area contributed by atoms with Crippen molar-refractivity contribution in [2.45, 2.75) is 51.7 Å². The number of alkyl carbamates (subject to hydrolysis) is 1. The van der Waals surface area contributed by atoms with Crippen LogP contribution in [0.15, 0.2) is 24.3 Å². The van der Waals surface area contributed by atoms with E-state index in [2.05, 4.69) is 10.6 Å². The molecule has 0 spiro atoms. The van der Waals surface area contributed by atoms with Crippen LogP contribution in [-0.2, 0) is 20.9 Å². The molecule has 1 heterocycles. The molecule has 26 heavy (non-hydrogen) atoms. The van der Waals surface area contributed by atoms with Gasteiger partial charge in [-0.3, -0.25) is 4.79 Å². The van der Waals surface area contributed by atoms with E-state index in [1.54, 1.807) is 24.3 Å². The summed E-state index contributed by atoms with van der Waals surface area (Å²) in [5, 5.41) is 15.6. The van der Waals surface area contributed by atoms with Crippen LogP contribution < -0.4 is 10.6 Å². The Hall–Kier alpha value is -1.83. The van der Waals surface area contributed by atoms with E-state index in [-0.39, 0.29) is 18.4 Å². The lowest BCUT2D eigenvalue weighted by Crippen LogP contribution is -2.51. The number of rotatable bonds is 7. The average molecular weight is 385 g/mol. The van der Waals surface area contributed by atoms with Gasteiger partial charge in [-0.05, 0) is 36.5 Å². The van der Waals surface area contributed by atoms with E-state index in [1.807, 2.05) is 13.8 Å². The minimum absolute atomic E-state index is 0.0776. The van der Waals surface area contributed by atoms with Crippen LogP contribution in [0.2, 0.25) is 5.02 Å². The van der Waals surface area contributed by atoms with E-state index in [0.29, 0.717) is 24.5 Å². The van der Waals surface area contributed by atoms with E-state index in [0.717, 1.165) is 5.56 Å². The van der Waals surface area contributed by atoms with Gasteiger partial charge in [0.2, 0.25) is 5.91 Å². The zero-order chi connectivity index (χ0) is 19.1. The summed E-state index contributed by atoms with van der Waals surface area (Å²) in [6.45, 7) is 4.37. The highest BCUT2D eigenvalue weighted by Gasteiger charge is 2.31. The second-order valence-electron chi connectivity index (χ2n) is 6.69. The van der Waals surface area contributed by atoms with Crippen molar-refractivity contribution in [2.24, 2.45) is 5.92 Å². The molecule has 1 aliphatic heterocycles. The van der Waals surface area contributed by atoms with Crippen LogP contribution in [0.3, 0.4) is 0 Å². The molecule has 1 fully saturated rings. The van der Waals surface area contributed by atoms with Crippen LogP contribution >= 0.6 is 11.6 Å². The van der Waals surface area contributed by atoms with Crippen molar-refractivity contribution in [3.63, 3.8) is 0 Å². The molecule has 3 atom stereocenters. The van der Waals surface area contributed by atoms with E-state index < -0.39 is 24.5 Å². The maximum Gasteiger partial charge on any atom is 0.408 e. The summed E-state index contributed by atoms with van der Waals surface area (Å²) in [4.78, 5) is 24.5. The molecular formula is C18H25ClN2O5. The van der Waals surface area contributed by atoms with Crippen molar-refractivity contribution >= 4 is 23.6 Å². The SMILES string of the molecule is CC(C)C[C@H](NC(=O)OCc1ccc(Cl)cc1)C(=O)N[C@H]1CCOC1O. The smallest absolute Gasteiger partial charge is 0.408 e. The molecule has 0 radical (unpaired) electrons. The summed E-state index contributed by atoms with van der Waals surface area (Å²) >= 11 is 5.82. The number of amides is 2. The molecule has 8 heteroatoms. The summed E-state index contributed by atoms with van der Waals surface area (Å²) in [6.07, 6.45) is -0.715. The van der Waals surface area contributed by atoms with Gasteiger partial charge in [0.05, 0.1) is 12.6 Å². The Labute approximate surface area is 158 Å². The maximum absolute atomic E-state index is 12.5. The first-order valence-electron chi connectivity index (χ1n) is 8.63. The Balaban J connectivity index is 1.87. The van der Waals surface area contributed by atoms with Crippen LogP contribution in [0, 0.1) is 5.92 Å². The van der Waals surface area contributed by atoms with Crippen LogP contribution in [0.25, 0.3) is 0 Å². The number of halogens is 1. The maximum atomic E-state index is 12.5. The largest absolute Gasteiger partial charge is 0.445 e. The molecule has 2 rings (SSSR count). The van der Waals surface area contributed by atoms with Gasteiger partial charge < -0.3 is 25.2 Å². The van der Waals surface area contributed by atoms with Crippen LogP contribution in [0.5, 0.6) is 0 Å². The number of benzene rings is 1. The minimum Gasteiger partial charge on any atom is -0.445 e.